The molecule has 0 aliphatic carbocycles. The topological polar surface area (TPSA) is 237 Å². The fourth-order valence-corrected chi connectivity index (χ4v) is 15.0. The molecule has 0 bridgehead atoms. The van der Waals surface area contributed by atoms with Crippen LogP contribution in [0.2, 0.25) is 0 Å². The summed E-state index contributed by atoms with van der Waals surface area (Å²) in [4.78, 5) is 73.2. The first-order valence-electron chi connectivity index (χ1n) is 44.5. The molecule has 0 rings (SSSR count). The van der Waals surface area contributed by atoms with Gasteiger partial charge in [-0.25, -0.2) is 9.13 Å². The maximum absolute atomic E-state index is 13.1. The number of esters is 4. The average molecular weight is 1540 g/mol. The summed E-state index contributed by atoms with van der Waals surface area (Å²) >= 11 is 0. The molecule has 0 aromatic carbocycles. The van der Waals surface area contributed by atoms with Crippen LogP contribution in [-0.4, -0.2) is 96.7 Å². The fraction of sp³-hybridized carbons (Fsp3) is 0.953. The molecular weight excluding hydrogens is 1370 g/mol. The predicted octanol–water partition coefficient (Wildman–Crippen LogP) is 26.2. The Morgan fingerprint density at radius 2 is 0.438 bits per heavy atom. The van der Waals surface area contributed by atoms with Gasteiger partial charge in [0, 0.05) is 25.7 Å². The van der Waals surface area contributed by atoms with Crippen LogP contribution >= 0.6 is 15.6 Å². The number of hydrogen-bond donors (Lipinski definition) is 3. The summed E-state index contributed by atoms with van der Waals surface area (Å²) in [6, 6.07) is 0. The zero-order valence-electron chi connectivity index (χ0n) is 69.0. The highest BCUT2D eigenvalue weighted by atomic mass is 31.2. The molecule has 0 saturated heterocycles. The van der Waals surface area contributed by atoms with Gasteiger partial charge in [0.2, 0.25) is 0 Å². The Bertz CT molecular complexity index is 2010. The van der Waals surface area contributed by atoms with Crippen LogP contribution in [0.5, 0.6) is 0 Å². The van der Waals surface area contributed by atoms with Gasteiger partial charge in [-0.05, 0) is 37.5 Å². The minimum atomic E-state index is -4.97. The number of aliphatic hydroxyl groups is 1. The third kappa shape index (κ3) is 79.9. The Balaban J connectivity index is 5.21. The van der Waals surface area contributed by atoms with Gasteiger partial charge < -0.3 is 33.8 Å². The van der Waals surface area contributed by atoms with E-state index in [0.29, 0.717) is 25.7 Å². The summed E-state index contributed by atoms with van der Waals surface area (Å²) in [6.45, 7) is 9.71. The van der Waals surface area contributed by atoms with Crippen molar-refractivity contribution in [2.24, 2.45) is 11.8 Å². The smallest absolute Gasteiger partial charge is 0.462 e. The van der Waals surface area contributed by atoms with Crippen LogP contribution in [0.15, 0.2) is 0 Å². The molecule has 0 fully saturated rings. The van der Waals surface area contributed by atoms with E-state index in [0.717, 1.165) is 102 Å². The van der Waals surface area contributed by atoms with E-state index in [4.69, 9.17) is 37.0 Å². The monoisotopic (exact) mass is 1540 g/mol. The number of phosphoric ester groups is 2. The van der Waals surface area contributed by atoms with Gasteiger partial charge in [-0.2, -0.15) is 0 Å². The maximum atomic E-state index is 13.1. The summed E-state index contributed by atoms with van der Waals surface area (Å²) in [5, 5.41) is 10.7. The van der Waals surface area contributed by atoms with Gasteiger partial charge >= 0.3 is 39.5 Å². The number of rotatable bonds is 85. The zero-order chi connectivity index (χ0) is 77.1. The Kier molecular flexibility index (Phi) is 76.0. The molecule has 624 valence electrons. The summed E-state index contributed by atoms with van der Waals surface area (Å²) in [5.41, 5.74) is 0. The van der Waals surface area contributed by atoms with Crippen LogP contribution in [-0.2, 0) is 65.4 Å². The number of ether oxygens (including phenoxy) is 4. The van der Waals surface area contributed by atoms with E-state index in [1.807, 2.05) is 0 Å². The number of aliphatic hydroxyl groups excluding tert-OH is 1. The first-order chi connectivity index (χ1) is 50.9. The molecule has 0 amide bonds. The lowest BCUT2D eigenvalue weighted by Gasteiger charge is -2.21. The SMILES string of the molecule is CCCCCCCCCCCCCCCCCCCCCCC(=O)O[C@H](COC(=O)CCCCCCCCCCCCCCCCCC(C)C)COP(=O)(O)OC[C@@H](O)COP(=O)(O)OC[C@@H](COC(=O)CCCCCCCCCCC)OC(=O)CCCCCCCCCCCCCCCCCC(C)C. The van der Waals surface area contributed by atoms with E-state index < -0.39 is 97.5 Å². The Morgan fingerprint density at radius 3 is 0.648 bits per heavy atom. The number of hydrogen-bond acceptors (Lipinski definition) is 15. The van der Waals surface area contributed by atoms with Crippen LogP contribution < -0.4 is 0 Å². The number of carbonyl (C=O) groups excluding carboxylic acids is 4. The van der Waals surface area contributed by atoms with Gasteiger partial charge in [0.25, 0.3) is 0 Å². The van der Waals surface area contributed by atoms with Gasteiger partial charge in [-0.1, -0.05) is 408 Å². The second kappa shape index (κ2) is 77.4. The molecule has 0 aromatic rings. The fourth-order valence-electron chi connectivity index (χ4n) is 13.4. The molecule has 0 saturated carbocycles. The van der Waals surface area contributed by atoms with Crippen molar-refractivity contribution in [3.8, 4) is 0 Å². The lowest BCUT2D eigenvalue weighted by Crippen LogP contribution is -2.30. The summed E-state index contributed by atoms with van der Waals surface area (Å²) < 4.78 is 68.9. The minimum absolute atomic E-state index is 0.108. The number of phosphoric acid groups is 2. The first kappa shape index (κ1) is 103. The Labute approximate surface area is 645 Å². The lowest BCUT2D eigenvalue weighted by atomic mass is 10.0. The van der Waals surface area contributed by atoms with E-state index in [-0.39, 0.29) is 25.7 Å². The second-order valence-electron chi connectivity index (χ2n) is 31.9. The molecule has 2 unspecified atom stereocenters. The highest BCUT2D eigenvalue weighted by Gasteiger charge is 2.30. The summed E-state index contributed by atoms with van der Waals surface area (Å²) in [5.74, 6) is -0.494. The standard InChI is InChI=1S/C86H168O17P2/c1-7-9-11-13-15-17-18-19-20-21-22-23-24-29-35-40-46-52-58-64-70-86(91)103-82(75-97-84(89)69-63-57-51-45-39-34-30-25-27-32-37-43-48-54-60-66-78(3)4)77-101-105(94,95)99-73-80(87)72-98-104(92,93)100-76-81(74-96-83(88)68-62-56-50-42-16-14-12-10-8-2)102-85(90)71-65-59-53-47-41-36-31-26-28-33-38-44-49-55-61-67-79(5)6/h78-82,87H,7-77H2,1-6H3,(H,92,93)(H,94,95)/t80-,81+,82+/m0/s1. The van der Waals surface area contributed by atoms with Crippen molar-refractivity contribution in [1.29, 1.82) is 0 Å². The lowest BCUT2D eigenvalue weighted by molar-refractivity contribution is -0.161. The van der Waals surface area contributed by atoms with Gasteiger partial charge in [0.1, 0.15) is 19.3 Å². The van der Waals surface area contributed by atoms with E-state index in [1.165, 1.54) is 276 Å². The molecule has 0 aliphatic rings. The molecule has 105 heavy (non-hydrogen) atoms. The van der Waals surface area contributed by atoms with Crippen molar-refractivity contribution in [2.45, 2.75) is 477 Å². The van der Waals surface area contributed by atoms with E-state index >= 15 is 0 Å². The molecule has 3 N–H and O–H groups in total. The van der Waals surface area contributed by atoms with Gasteiger partial charge in [-0.15, -0.1) is 0 Å². The average Bonchev–Trinajstić information content (AvgIpc) is 0.909. The maximum Gasteiger partial charge on any atom is 0.472 e. The quantitative estimate of drug-likeness (QED) is 0.0222. The van der Waals surface area contributed by atoms with Crippen molar-refractivity contribution >= 4 is 39.5 Å². The first-order valence-corrected chi connectivity index (χ1v) is 47.5. The van der Waals surface area contributed by atoms with Crippen LogP contribution in [0.1, 0.15) is 459 Å². The molecule has 0 radical (unpaired) electrons. The van der Waals surface area contributed by atoms with E-state index in [1.54, 1.807) is 0 Å². The van der Waals surface area contributed by atoms with Crippen LogP contribution in [0, 0.1) is 11.8 Å². The van der Waals surface area contributed by atoms with Crippen molar-refractivity contribution in [1.82, 2.24) is 0 Å². The van der Waals surface area contributed by atoms with Gasteiger partial charge in [-0.3, -0.25) is 37.3 Å². The third-order valence-electron chi connectivity index (χ3n) is 20.2. The van der Waals surface area contributed by atoms with Gasteiger partial charge in [0.15, 0.2) is 12.2 Å². The summed E-state index contributed by atoms with van der Waals surface area (Å²) in [6.07, 6.45) is 69.5. The van der Waals surface area contributed by atoms with Crippen molar-refractivity contribution in [3.63, 3.8) is 0 Å². The molecule has 0 aliphatic heterocycles. The highest BCUT2D eigenvalue weighted by molar-refractivity contribution is 7.47. The predicted molar refractivity (Wildman–Crippen MR) is 432 cm³/mol. The zero-order valence-corrected chi connectivity index (χ0v) is 70.8. The van der Waals surface area contributed by atoms with Crippen LogP contribution in [0.25, 0.3) is 0 Å². The molecule has 0 spiro atoms. The van der Waals surface area contributed by atoms with E-state index in [2.05, 4.69) is 41.5 Å². The number of carbonyl (C=O) groups is 4. The van der Waals surface area contributed by atoms with Crippen molar-refractivity contribution in [2.75, 3.05) is 39.6 Å². The second-order valence-corrected chi connectivity index (χ2v) is 34.8. The Morgan fingerprint density at radius 1 is 0.257 bits per heavy atom. The summed E-state index contributed by atoms with van der Waals surface area (Å²) in [7, 11) is -9.93. The normalized spacial score (nSPS) is 13.8. The molecular formula is C86H168O17P2. The molecule has 17 nitrogen and oxygen atoms in total. The highest BCUT2D eigenvalue weighted by Crippen LogP contribution is 2.45. The largest absolute Gasteiger partial charge is 0.472 e. The molecule has 5 atom stereocenters. The van der Waals surface area contributed by atoms with Crippen LogP contribution in [0.4, 0.5) is 0 Å². The van der Waals surface area contributed by atoms with Crippen molar-refractivity contribution < 1.29 is 80.2 Å². The minimum Gasteiger partial charge on any atom is -0.462 e. The van der Waals surface area contributed by atoms with Crippen molar-refractivity contribution in [3.05, 3.63) is 0 Å². The van der Waals surface area contributed by atoms with Crippen LogP contribution in [0.3, 0.4) is 0 Å². The van der Waals surface area contributed by atoms with Gasteiger partial charge in [0.05, 0.1) is 26.4 Å². The molecule has 0 aromatic heterocycles. The molecule has 19 heteroatoms. The Hall–Kier alpha value is -1.94. The molecule has 0 heterocycles. The number of unbranched alkanes of at least 4 members (excludes halogenated alkanes) is 55. The van der Waals surface area contributed by atoms with E-state index in [9.17, 15) is 43.2 Å². The third-order valence-corrected chi connectivity index (χ3v) is 22.1.